The smallest absolute Gasteiger partial charge is 0.142 e. The van der Waals surface area contributed by atoms with Crippen LogP contribution in [0.5, 0.6) is 0 Å². The molecule has 1 fully saturated rings. The Bertz CT molecular complexity index is 194. The molecule has 0 aromatic carbocycles. The van der Waals surface area contributed by atoms with Crippen LogP contribution in [-0.2, 0) is 4.79 Å². The van der Waals surface area contributed by atoms with Crippen molar-refractivity contribution in [3.05, 3.63) is 12.3 Å². The lowest BCUT2D eigenvalue weighted by molar-refractivity contribution is -0.109. The quantitative estimate of drug-likeness (QED) is 0.683. The van der Waals surface area contributed by atoms with Crippen LogP contribution in [0.1, 0.15) is 45.4 Å². The van der Waals surface area contributed by atoms with Gasteiger partial charge in [-0.3, -0.25) is 0 Å². The molecule has 1 aliphatic rings. The summed E-state index contributed by atoms with van der Waals surface area (Å²) in [4.78, 5) is 10.8. The van der Waals surface area contributed by atoms with E-state index in [2.05, 4.69) is 11.9 Å². The molecule has 0 bridgehead atoms. The lowest BCUT2D eigenvalue weighted by Gasteiger charge is -2.24. The van der Waals surface area contributed by atoms with Gasteiger partial charge in [-0.05, 0) is 19.3 Å². The number of hydrogen-bond acceptors (Lipinski definition) is 2. The van der Waals surface area contributed by atoms with Gasteiger partial charge in [0.25, 0.3) is 0 Å². The van der Waals surface area contributed by atoms with Gasteiger partial charge in [0, 0.05) is 5.70 Å². The predicted octanol–water partition coefficient (Wildman–Crippen LogP) is 2.65. The zero-order chi connectivity index (χ0) is 10.4. The predicted molar refractivity (Wildman–Crippen MR) is 59.0 cm³/mol. The molecule has 0 aliphatic heterocycles. The Morgan fingerprint density at radius 3 is 2.64 bits per heavy atom. The Labute approximate surface area is 86.8 Å². The molecule has 2 nitrogen and oxygen atoms in total. The van der Waals surface area contributed by atoms with Gasteiger partial charge >= 0.3 is 0 Å². The molecule has 1 saturated carbocycles. The molecule has 0 amide bonds. The van der Waals surface area contributed by atoms with Crippen LogP contribution >= 0.6 is 0 Å². The van der Waals surface area contributed by atoms with Gasteiger partial charge in [-0.25, -0.2) is 0 Å². The van der Waals surface area contributed by atoms with Gasteiger partial charge in [0.05, 0.1) is 6.04 Å². The van der Waals surface area contributed by atoms with E-state index in [1.807, 2.05) is 6.92 Å². The molecule has 0 aromatic rings. The van der Waals surface area contributed by atoms with Gasteiger partial charge in [-0.2, -0.15) is 0 Å². The normalized spacial score (nSPS) is 20.1. The number of allylic oxidation sites excluding steroid dienone is 1. The summed E-state index contributed by atoms with van der Waals surface area (Å²) in [7, 11) is 0. The first-order chi connectivity index (χ1) is 6.72. The Morgan fingerprint density at radius 2 is 2.14 bits per heavy atom. The van der Waals surface area contributed by atoms with Crippen LogP contribution in [0.15, 0.2) is 12.3 Å². The molecule has 14 heavy (non-hydrogen) atoms. The maximum absolute atomic E-state index is 10.8. The molecular formula is C12H21NO. The fourth-order valence-corrected chi connectivity index (χ4v) is 2.25. The highest BCUT2D eigenvalue weighted by molar-refractivity contribution is 5.58. The van der Waals surface area contributed by atoms with Crippen molar-refractivity contribution in [2.24, 2.45) is 5.92 Å². The van der Waals surface area contributed by atoms with Gasteiger partial charge in [0.2, 0.25) is 0 Å². The highest BCUT2D eigenvalue weighted by Crippen LogP contribution is 2.27. The van der Waals surface area contributed by atoms with E-state index in [1.165, 1.54) is 32.1 Å². The maximum atomic E-state index is 10.8. The van der Waals surface area contributed by atoms with Crippen molar-refractivity contribution >= 4 is 6.29 Å². The Hall–Kier alpha value is -0.790. The number of nitrogens with one attached hydrogen (secondary N) is 1. The van der Waals surface area contributed by atoms with Gasteiger partial charge in [0.1, 0.15) is 6.29 Å². The fraction of sp³-hybridized carbons (Fsp3) is 0.750. The molecule has 1 unspecified atom stereocenters. The third-order valence-electron chi connectivity index (χ3n) is 2.91. The second kappa shape index (κ2) is 5.84. The molecule has 1 atom stereocenters. The third-order valence-corrected chi connectivity index (χ3v) is 2.91. The van der Waals surface area contributed by atoms with E-state index in [-0.39, 0.29) is 6.04 Å². The SMILES string of the molecule is C=C(C)NC(C=O)CC1CCCCC1. The van der Waals surface area contributed by atoms with Crippen LogP contribution in [0.25, 0.3) is 0 Å². The molecule has 80 valence electrons. The minimum Gasteiger partial charge on any atom is -0.380 e. The van der Waals surface area contributed by atoms with Crippen LogP contribution in [0.3, 0.4) is 0 Å². The van der Waals surface area contributed by atoms with Gasteiger partial charge in [-0.15, -0.1) is 0 Å². The second-order valence-electron chi connectivity index (χ2n) is 4.41. The van der Waals surface area contributed by atoms with E-state index in [9.17, 15) is 4.79 Å². The average molecular weight is 195 g/mol. The minimum atomic E-state index is -0.0180. The standard InChI is InChI=1S/C12H21NO/c1-10(2)13-12(9-14)8-11-6-4-3-5-7-11/h9,11-13H,1,3-8H2,2H3. The van der Waals surface area contributed by atoms with Crippen molar-refractivity contribution < 1.29 is 4.79 Å². The first-order valence-corrected chi connectivity index (χ1v) is 5.59. The molecule has 0 aromatic heterocycles. The first-order valence-electron chi connectivity index (χ1n) is 5.59. The minimum absolute atomic E-state index is 0.0180. The molecule has 1 N–H and O–H groups in total. The zero-order valence-electron chi connectivity index (χ0n) is 9.09. The van der Waals surface area contributed by atoms with E-state index in [0.717, 1.165) is 24.3 Å². The number of hydrogen-bond donors (Lipinski definition) is 1. The summed E-state index contributed by atoms with van der Waals surface area (Å²) in [6.45, 7) is 5.67. The molecule has 2 heteroatoms. The maximum Gasteiger partial charge on any atom is 0.142 e. The Kier molecular flexibility index (Phi) is 4.71. The van der Waals surface area contributed by atoms with E-state index >= 15 is 0 Å². The molecule has 1 rings (SSSR count). The lowest BCUT2D eigenvalue weighted by atomic mass is 9.85. The van der Waals surface area contributed by atoms with E-state index in [0.29, 0.717) is 0 Å². The molecule has 1 aliphatic carbocycles. The van der Waals surface area contributed by atoms with E-state index in [4.69, 9.17) is 0 Å². The van der Waals surface area contributed by atoms with Gasteiger partial charge < -0.3 is 10.1 Å². The Balaban J connectivity index is 2.30. The number of carbonyl (C=O) groups is 1. The van der Waals surface area contributed by atoms with Gasteiger partial charge in [-0.1, -0.05) is 38.7 Å². The summed E-state index contributed by atoms with van der Waals surface area (Å²) in [5.74, 6) is 0.741. The Morgan fingerprint density at radius 1 is 1.50 bits per heavy atom. The van der Waals surface area contributed by atoms with Crippen LogP contribution in [0, 0.1) is 5.92 Å². The molecule has 0 spiro atoms. The third kappa shape index (κ3) is 3.95. The van der Waals surface area contributed by atoms with Crippen molar-refractivity contribution in [1.82, 2.24) is 5.32 Å². The highest BCUT2D eigenvalue weighted by Gasteiger charge is 2.18. The van der Waals surface area contributed by atoms with Crippen LogP contribution in [-0.4, -0.2) is 12.3 Å². The van der Waals surface area contributed by atoms with Crippen LogP contribution in [0.2, 0.25) is 0 Å². The van der Waals surface area contributed by atoms with Crippen molar-refractivity contribution in [2.75, 3.05) is 0 Å². The summed E-state index contributed by atoms with van der Waals surface area (Å²) in [5.41, 5.74) is 0.887. The molecular weight excluding hydrogens is 174 g/mol. The summed E-state index contributed by atoms with van der Waals surface area (Å²) in [6, 6.07) is -0.0180. The van der Waals surface area contributed by atoms with E-state index < -0.39 is 0 Å². The van der Waals surface area contributed by atoms with Crippen LogP contribution < -0.4 is 5.32 Å². The summed E-state index contributed by atoms with van der Waals surface area (Å²) in [5, 5.41) is 3.11. The number of carbonyl (C=O) groups excluding carboxylic acids is 1. The van der Waals surface area contributed by atoms with Crippen molar-refractivity contribution in [1.29, 1.82) is 0 Å². The highest BCUT2D eigenvalue weighted by atomic mass is 16.1. The largest absolute Gasteiger partial charge is 0.380 e. The van der Waals surface area contributed by atoms with Crippen molar-refractivity contribution in [3.63, 3.8) is 0 Å². The summed E-state index contributed by atoms with van der Waals surface area (Å²) >= 11 is 0. The van der Waals surface area contributed by atoms with Gasteiger partial charge in [0.15, 0.2) is 0 Å². The summed E-state index contributed by atoms with van der Waals surface area (Å²) < 4.78 is 0. The zero-order valence-corrected chi connectivity index (χ0v) is 9.09. The van der Waals surface area contributed by atoms with E-state index in [1.54, 1.807) is 0 Å². The fourth-order valence-electron chi connectivity index (χ4n) is 2.25. The first kappa shape index (κ1) is 11.3. The van der Waals surface area contributed by atoms with Crippen molar-refractivity contribution in [3.8, 4) is 0 Å². The number of rotatable bonds is 5. The van der Waals surface area contributed by atoms with Crippen molar-refractivity contribution in [2.45, 2.75) is 51.5 Å². The molecule has 0 radical (unpaired) electrons. The monoisotopic (exact) mass is 195 g/mol. The average Bonchev–Trinajstić information content (AvgIpc) is 2.17. The summed E-state index contributed by atoms with van der Waals surface area (Å²) in [6.07, 6.45) is 8.63. The lowest BCUT2D eigenvalue weighted by Crippen LogP contribution is -2.31. The molecule has 0 saturated heterocycles. The second-order valence-corrected chi connectivity index (χ2v) is 4.41. The number of aldehydes is 1. The topological polar surface area (TPSA) is 29.1 Å². The molecule has 0 heterocycles. The van der Waals surface area contributed by atoms with Crippen LogP contribution in [0.4, 0.5) is 0 Å².